The molecule has 18 heavy (non-hydrogen) atoms. The van der Waals surface area contributed by atoms with Gasteiger partial charge in [-0.25, -0.2) is 0 Å². The molecule has 0 aliphatic rings. The van der Waals surface area contributed by atoms with Gasteiger partial charge in [0.1, 0.15) is 0 Å². The molecule has 3 rings (SSSR count). The zero-order valence-electron chi connectivity index (χ0n) is 10.8. The smallest absolute Gasteiger partial charge is 0.00302 e. The van der Waals surface area contributed by atoms with Crippen LogP contribution in [0, 0.1) is 13.8 Å². The second-order valence-corrected chi connectivity index (χ2v) is 4.89. The highest BCUT2D eigenvalue weighted by Crippen LogP contribution is 2.32. The molecule has 0 heterocycles. The van der Waals surface area contributed by atoms with E-state index in [0.717, 1.165) is 0 Å². The maximum absolute atomic E-state index is 3.96. The van der Waals surface area contributed by atoms with Gasteiger partial charge in [-0.15, -0.1) is 0 Å². The van der Waals surface area contributed by atoms with Crippen molar-refractivity contribution in [3.63, 3.8) is 0 Å². The van der Waals surface area contributed by atoms with Gasteiger partial charge in [0.2, 0.25) is 0 Å². The molecule has 0 atom stereocenters. The minimum Gasteiger partial charge on any atom is -0.0984 e. The second-order valence-electron chi connectivity index (χ2n) is 4.89. The van der Waals surface area contributed by atoms with Crippen LogP contribution < -0.4 is 0 Å². The first kappa shape index (κ1) is 11.0. The van der Waals surface area contributed by atoms with E-state index in [4.69, 9.17) is 0 Å². The molecule has 0 nitrogen and oxygen atoms in total. The summed E-state index contributed by atoms with van der Waals surface area (Å²) >= 11 is 0. The highest BCUT2D eigenvalue weighted by Gasteiger charge is 2.06. The van der Waals surface area contributed by atoms with Crippen LogP contribution in [-0.4, -0.2) is 0 Å². The predicted octanol–water partition coefficient (Wildman–Crippen LogP) is 5.25. The summed E-state index contributed by atoms with van der Waals surface area (Å²) in [5, 5.41) is 5.28. The van der Waals surface area contributed by atoms with Gasteiger partial charge in [-0.05, 0) is 52.1 Å². The Hall–Kier alpha value is -2.08. The summed E-state index contributed by atoms with van der Waals surface area (Å²) in [5.74, 6) is 0. The minimum atomic E-state index is 1.23. The summed E-state index contributed by atoms with van der Waals surface area (Å²) in [5.41, 5.74) is 3.83. The number of hydrogen-bond donors (Lipinski definition) is 0. The number of benzene rings is 3. The lowest BCUT2D eigenvalue weighted by Crippen LogP contribution is -1.86. The fourth-order valence-electron chi connectivity index (χ4n) is 2.77. The van der Waals surface area contributed by atoms with Crippen molar-refractivity contribution >= 4 is 27.6 Å². The zero-order valence-corrected chi connectivity index (χ0v) is 10.8. The molecule has 3 aromatic rings. The lowest BCUT2D eigenvalue weighted by atomic mass is 9.93. The van der Waals surface area contributed by atoms with Crippen molar-refractivity contribution in [3.8, 4) is 0 Å². The summed E-state index contributed by atoms with van der Waals surface area (Å²) in [4.78, 5) is 0. The monoisotopic (exact) mass is 232 g/mol. The number of fused-ring (bicyclic) bond motifs is 3. The van der Waals surface area contributed by atoms with Crippen molar-refractivity contribution in [2.24, 2.45) is 0 Å². The second kappa shape index (κ2) is 3.99. The number of hydrogen-bond acceptors (Lipinski definition) is 0. The van der Waals surface area contributed by atoms with Gasteiger partial charge in [-0.3, -0.25) is 0 Å². The van der Waals surface area contributed by atoms with Crippen LogP contribution in [0.2, 0.25) is 0 Å². The normalized spacial score (nSPS) is 11.0. The Morgan fingerprint density at radius 2 is 1.67 bits per heavy atom. The number of rotatable bonds is 1. The van der Waals surface area contributed by atoms with Crippen LogP contribution in [0.25, 0.3) is 27.6 Å². The molecule has 0 heteroatoms. The number of aryl methyl sites for hydroxylation is 2. The lowest BCUT2D eigenvalue weighted by Gasteiger charge is -2.11. The van der Waals surface area contributed by atoms with Crippen LogP contribution in [-0.2, 0) is 0 Å². The SMILES string of the molecule is C=Cc1cc(C)cc2ccc3cccc(C)c3c12. The Labute approximate surface area is 108 Å². The third-order valence-electron chi connectivity index (χ3n) is 3.56. The molecule has 0 spiro atoms. The van der Waals surface area contributed by atoms with Gasteiger partial charge in [0.05, 0.1) is 0 Å². The molecule has 0 N–H and O–H groups in total. The van der Waals surface area contributed by atoms with E-state index < -0.39 is 0 Å². The van der Waals surface area contributed by atoms with Gasteiger partial charge in [0, 0.05) is 0 Å². The van der Waals surface area contributed by atoms with Crippen molar-refractivity contribution in [2.75, 3.05) is 0 Å². The van der Waals surface area contributed by atoms with E-state index in [1.165, 1.54) is 38.2 Å². The van der Waals surface area contributed by atoms with Gasteiger partial charge in [0.25, 0.3) is 0 Å². The maximum Gasteiger partial charge on any atom is -0.00302 e. The van der Waals surface area contributed by atoms with Gasteiger partial charge in [-0.2, -0.15) is 0 Å². The molecular formula is C18H16. The van der Waals surface area contributed by atoms with Crippen molar-refractivity contribution in [2.45, 2.75) is 13.8 Å². The van der Waals surface area contributed by atoms with Crippen molar-refractivity contribution in [1.82, 2.24) is 0 Å². The molecule has 3 aromatic carbocycles. The Morgan fingerprint density at radius 1 is 0.889 bits per heavy atom. The van der Waals surface area contributed by atoms with Crippen LogP contribution in [0.5, 0.6) is 0 Å². The standard InChI is InChI=1S/C18H16/c1-4-14-10-12(2)11-16-9-8-15-7-5-6-13(3)17(15)18(14)16/h4-11H,1H2,2-3H3. The molecular weight excluding hydrogens is 216 g/mol. The van der Waals surface area contributed by atoms with Crippen LogP contribution >= 0.6 is 0 Å². The summed E-state index contributed by atoms with van der Waals surface area (Å²) in [6.45, 7) is 8.27. The van der Waals surface area contributed by atoms with E-state index in [-0.39, 0.29) is 0 Å². The van der Waals surface area contributed by atoms with Crippen LogP contribution in [0.1, 0.15) is 16.7 Å². The third kappa shape index (κ3) is 1.53. The topological polar surface area (TPSA) is 0 Å². The first-order valence-corrected chi connectivity index (χ1v) is 6.26. The largest absolute Gasteiger partial charge is 0.0984 e. The van der Waals surface area contributed by atoms with E-state index in [0.29, 0.717) is 0 Å². The van der Waals surface area contributed by atoms with E-state index >= 15 is 0 Å². The van der Waals surface area contributed by atoms with Gasteiger partial charge in [0.15, 0.2) is 0 Å². The molecule has 0 radical (unpaired) electrons. The average Bonchev–Trinajstić information content (AvgIpc) is 2.37. The maximum atomic E-state index is 3.96. The Morgan fingerprint density at radius 3 is 2.44 bits per heavy atom. The Bertz CT molecular complexity index is 764. The Balaban J connectivity index is 2.64. The van der Waals surface area contributed by atoms with E-state index in [2.05, 4.69) is 62.9 Å². The van der Waals surface area contributed by atoms with Crippen molar-refractivity contribution < 1.29 is 0 Å². The average molecular weight is 232 g/mol. The van der Waals surface area contributed by atoms with Gasteiger partial charge in [-0.1, -0.05) is 55.1 Å². The molecule has 0 bridgehead atoms. The molecule has 0 aliphatic carbocycles. The highest BCUT2D eigenvalue weighted by atomic mass is 14.1. The molecule has 0 fully saturated rings. The highest BCUT2D eigenvalue weighted by molar-refractivity contribution is 6.12. The summed E-state index contributed by atoms with van der Waals surface area (Å²) in [6, 6.07) is 15.3. The van der Waals surface area contributed by atoms with Crippen LogP contribution in [0.4, 0.5) is 0 Å². The third-order valence-corrected chi connectivity index (χ3v) is 3.56. The summed E-state index contributed by atoms with van der Waals surface area (Å²) in [7, 11) is 0. The quantitative estimate of drug-likeness (QED) is 0.502. The van der Waals surface area contributed by atoms with Gasteiger partial charge < -0.3 is 0 Å². The molecule has 88 valence electrons. The predicted molar refractivity (Wildman–Crippen MR) is 81.0 cm³/mol. The molecule has 0 saturated heterocycles. The van der Waals surface area contributed by atoms with Crippen LogP contribution in [0.3, 0.4) is 0 Å². The summed E-state index contributed by atoms with van der Waals surface area (Å²) in [6.07, 6.45) is 1.96. The van der Waals surface area contributed by atoms with Crippen molar-refractivity contribution in [1.29, 1.82) is 0 Å². The van der Waals surface area contributed by atoms with E-state index in [9.17, 15) is 0 Å². The molecule has 0 aromatic heterocycles. The van der Waals surface area contributed by atoms with E-state index in [1.54, 1.807) is 0 Å². The first-order valence-electron chi connectivity index (χ1n) is 6.26. The van der Waals surface area contributed by atoms with Crippen molar-refractivity contribution in [3.05, 3.63) is 65.7 Å². The molecule has 0 amide bonds. The fourth-order valence-corrected chi connectivity index (χ4v) is 2.77. The summed E-state index contributed by atoms with van der Waals surface area (Å²) < 4.78 is 0. The van der Waals surface area contributed by atoms with E-state index in [1.807, 2.05) is 6.08 Å². The minimum absolute atomic E-state index is 1.23. The molecule has 0 aliphatic heterocycles. The molecule has 0 saturated carbocycles. The lowest BCUT2D eigenvalue weighted by molar-refractivity contribution is 1.49. The first-order chi connectivity index (χ1) is 8.70. The Kier molecular flexibility index (Phi) is 2.45. The van der Waals surface area contributed by atoms with Crippen LogP contribution in [0.15, 0.2) is 49.0 Å². The molecule has 0 unspecified atom stereocenters. The van der Waals surface area contributed by atoms with Gasteiger partial charge >= 0.3 is 0 Å². The zero-order chi connectivity index (χ0) is 12.7. The fraction of sp³-hybridized carbons (Fsp3) is 0.111.